The molecular formula is C21H22FN3O. The zero-order valence-electron chi connectivity index (χ0n) is 15.2. The van der Waals surface area contributed by atoms with Gasteiger partial charge in [-0.15, -0.1) is 0 Å². The molecule has 134 valence electrons. The maximum atomic E-state index is 13.4. The predicted octanol–water partition coefficient (Wildman–Crippen LogP) is 3.93. The molecule has 0 fully saturated rings. The average molecular weight is 351 g/mol. The van der Waals surface area contributed by atoms with Crippen molar-refractivity contribution in [2.45, 2.75) is 33.9 Å². The van der Waals surface area contributed by atoms with Crippen LogP contribution >= 0.6 is 0 Å². The molecule has 1 aromatic heterocycles. The molecule has 2 aromatic carbocycles. The molecule has 4 nitrogen and oxygen atoms in total. The zero-order valence-corrected chi connectivity index (χ0v) is 15.2. The van der Waals surface area contributed by atoms with E-state index in [-0.39, 0.29) is 11.7 Å². The first-order chi connectivity index (χ1) is 12.5. The first kappa shape index (κ1) is 17.9. The van der Waals surface area contributed by atoms with Crippen molar-refractivity contribution in [2.24, 2.45) is 0 Å². The molecule has 1 N–H and O–H groups in total. The van der Waals surface area contributed by atoms with Gasteiger partial charge < -0.3 is 5.32 Å². The number of hydrogen-bond acceptors (Lipinski definition) is 2. The van der Waals surface area contributed by atoms with Crippen LogP contribution < -0.4 is 5.32 Å². The second-order valence-corrected chi connectivity index (χ2v) is 6.46. The minimum atomic E-state index is -0.242. The smallest absolute Gasteiger partial charge is 0.255 e. The molecule has 5 heteroatoms. The average Bonchev–Trinajstić information content (AvgIpc) is 2.90. The summed E-state index contributed by atoms with van der Waals surface area (Å²) in [4.78, 5) is 12.6. The van der Waals surface area contributed by atoms with E-state index in [2.05, 4.69) is 10.4 Å². The Kier molecular flexibility index (Phi) is 5.16. The summed E-state index contributed by atoms with van der Waals surface area (Å²) in [5.41, 5.74) is 4.70. The lowest BCUT2D eigenvalue weighted by atomic mass is 10.1. The Morgan fingerprint density at radius 2 is 1.81 bits per heavy atom. The maximum Gasteiger partial charge on any atom is 0.255 e. The third-order valence-corrected chi connectivity index (χ3v) is 4.46. The Balaban J connectivity index is 1.74. The Bertz CT molecular complexity index is 932. The van der Waals surface area contributed by atoms with E-state index in [0.717, 1.165) is 16.8 Å². The van der Waals surface area contributed by atoms with Crippen LogP contribution in [0.1, 0.15) is 38.4 Å². The van der Waals surface area contributed by atoms with Gasteiger partial charge in [-0.25, -0.2) is 4.39 Å². The molecular weight excluding hydrogens is 329 g/mol. The number of halogens is 1. The van der Waals surface area contributed by atoms with Crippen LogP contribution in [-0.4, -0.2) is 15.7 Å². The molecule has 0 bridgehead atoms. The Morgan fingerprint density at radius 1 is 1.08 bits per heavy atom. The lowest BCUT2D eigenvalue weighted by Gasteiger charge is -2.08. The quantitative estimate of drug-likeness (QED) is 0.757. The van der Waals surface area contributed by atoms with Crippen LogP contribution in [0.25, 0.3) is 0 Å². The Labute approximate surface area is 152 Å². The van der Waals surface area contributed by atoms with Gasteiger partial charge in [-0.3, -0.25) is 9.48 Å². The van der Waals surface area contributed by atoms with Crippen molar-refractivity contribution >= 4 is 5.91 Å². The van der Waals surface area contributed by atoms with Crippen LogP contribution in [-0.2, 0) is 13.1 Å². The van der Waals surface area contributed by atoms with Crippen LogP contribution in [0.4, 0.5) is 4.39 Å². The van der Waals surface area contributed by atoms with Gasteiger partial charge in [0.1, 0.15) is 5.82 Å². The third kappa shape index (κ3) is 3.82. The van der Waals surface area contributed by atoms with Gasteiger partial charge in [-0.05, 0) is 43.5 Å². The number of hydrogen-bond donors (Lipinski definition) is 1. The summed E-state index contributed by atoms with van der Waals surface area (Å²) in [6, 6.07) is 14.9. The first-order valence-electron chi connectivity index (χ1n) is 8.57. The van der Waals surface area contributed by atoms with Gasteiger partial charge in [0, 0.05) is 12.2 Å². The molecule has 0 radical (unpaired) electrons. The Morgan fingerprint density at radius 3 is 2.50 bits per heavy atom. The molecule has 0 atom stereocenters. The van der Waals surface area contributed by atoms with E-state index in [1.807, 2.05) is 48.9 Å². The van der Waals surface area contributed by atoms with Gasteiger partial charge in [0.15, 0.2) is 0 Å². The van der Waals surface area contributed by atoms with E-state index in [1.54, 1.807) is 19.1 Å². The highest BCUT2D eigenvalue weighted by atomic mass is 19.1. The Hall–Kier alpha value is -2.95. The fourth-order valence-corrected chi connectivity index (χ4v) is 3.02. The van der Waals surface area contributed by atoms with Crippen molar-refractivity contribution in [1.29, 1.82) is 0 Å². The van der Waals surface area contributed by atoms with E-state index in [1.165, 1.54) is 6.07 Å². The van der Waals surface area contributed by atoms with Gasteiger partial charge in [0.25, 0.3) is 5.91 Å². The van der Waals surface area contributed by atoms with E-state index >= 15 is 0 Å². The molecule has 1 heterocycles. The predicted molar refractivity (Wildman–Crippen MR) is 99.6 cm³/mol. The highest BCUT2D eigenvalue weighted by molar-refractivity contribution is 5.96. The topological polar surface area (TPSA) is 46.9 Å². The number of rotatable bonds is 5. The molecule has 0 aliphatic rings. The lowest BCUT2D eigenvalue weighted by molar-refractivity contribution is 0.0949. The molecule has 0 unspecified atom stereocenters. The lowest BCUT2D eigenvalue weighted by Crippen LogP contribution is -2.24. The number of amides is 1. The molecule has 0 saturated heterocycles. The summed E-state index contributed by atoms with van der Waals surface area (Å²) in [5, 5.41) is 7.42. The van der Waals surface area contributed by atoms with Crippen LogP contribution in [0, 0.1) is 26.6 Å². The first-order valence-corrected chi connectivity index (χ1v) is 8.57. The summed E-state index contributed by atoms with van der Waals surface area (Å²) < 4.78 is 15.2. The molecule has 0 spiro atoms. The summed E-state index contributed by atoms with van der Waals surface area (Å²) in [6.07, 6.45) is 0. The van der Waals surface area contributed by atoms with Gasteiger partial charge >= 0.3 is 0 Å². The van der Waals surface area contributed by atoms with E-state index in [0.29, 0.717) is 29.9 Å². The summed E-state index contributed by atoms with van der Waals surface area (Å²) >= 11 is 0. The number of nitrogens with one attached hydrogen (secondary N) is 1. The van der Waals surface area contributed by atoms with Crippen LogP contribution in [0.2, 0.25) is 0 Å². The van der Waals surface area contributed by atoms with Crippen LogP contribution in [0.15, 0.2) is 48.5 Å². The van der Waals surface area contributed by atoms with Crippen molar-refractivity contribution in [3.8, 4) is 0 Å². The van der Waals surface area contributed by atoms with Crippen molar-refractivity contribution in [1.82, 2.24) is 15.1 Å². The van der Waals surface area contributed by atoms with Gasteiger partial charge in [0.05, 0.1) is 17.8 Å². The second-order valence-electron chi connectivity index (χ2n) is 6.46. The monoisotopic (exact) mass is 351 g/mol. The summed E-state index contributed by atoms with van der Waals surface area (Å²) in [5.74, 6) is -0.407. The van der Waals surface area contributed by atoms with E-state index < -0.39 is 0 Å². The fourth-order valence-electron chi connectivity index (χ4n) is 3.02. The van der Waals surface area contributed by atoms with Gasteiger partial charge in [0.2, 0.25) is 0 Å². The normalized spacial score (nSPS) is 10.8. The molecule has 3 aromatic rings. The van der Waals surface area contributed by atoms with Crippen molar-refractivity contribution in [2.75, 3.05) is 0 Å². The van der Waals surface area contributed by atoms with Gasteiger partial charge in [-0.1, -0.05) is 42.5 Å². The molecule has 0 saturated carbocycles. The zero-order chi connectivity index (χ0) is 18.7. The van der Waals surface area contributed by atoms with Crippen molar-refractivity contribution in [3.05, 3.63) is 88.0 Å². The molecule has 26 heavy (non-hydrogen) atoms. The van der Waals surface area contributed by atoms with E-state index in [9.17, 15) is 9.18 Å². The second kappa shape index (κ2) is 7.52. The van der Waals surface area contributed by atoms with E-state index in [4.69, 9.17) is 0 Å². The summed E-state index contributed by atoms with van der Waals surface area (Å²) in [6.45, 7) is 6.43. The highest BCUT2D eigenvalue weighted by Crippen LogP contribution is 2.15. The standard InChI is InChI=1S/C21H22FN3O/c1-14-11-18(9-10-19(14)22)12-23-21(26)20-15(2)24-25(16(20)3)13-17-7-5-4-6-8-17/h4-11H,12-13H2,1-3H3,(H,23,26). The number of carbonyl (C=O) groups excluding carboxylic acids is 1. The number of nitrogens with zero attached hydrogens (tertiary/aromatic N) is 2. The molecule has 1 amide bonds. The fraction of sp³-hybridized carbons (Fsp3) is 0.238. The van der Waals surface area contributed by atoms with Crippen LogP contribution in [0.5, 0.6) is 0 Å². The highest BCUT2D eigenvalue weighted by Gasteiger charge is 2.18. The third-order valence-electron chi connectivity index (χ3n) is 4.46. The minimum Gasteiger partial charge on any atom is -0.348 e. The molecule has 0 aliphatic carbocycles. The van der Waals surface area contributed by atoms with Crippen molar-refractivity contribution < 1.29 is 9.18 Å². The summed E-state index contributed by atoms with van der Waals surface area (Å²) in [7, 11) is 0. The van der Waals surface area contributed by atoms with Crippen LogP contribution in [0.3, 0.4) is 0 Å². The molecule has 3 rings (SSSR count). The molecule has 0 aliphatic heterocycles. The maximum absolute atomic E-state index is 13.4. The SMILES string of the molecule is Cc1cc(CNC(=O)c2c(C)nn(Cc3ccccc3)c2C)ccc1F. The van der Waals surface area contributed by atoms with Gasteiger partial charge in [-0.2, -0.15) is 5.10 Å². The number of carbonyl (C=O) groups is 1. The minimum absolute atomic E-state index is 0.165. The number of aromatic nitrogens is 2. The number of benzene rings is 2. The largest absolute Gasteiger partial charge is 0.348 e. The number of aryl methyl sites for hydroxylation is 2. The van der Waals surface area contributed by atoms with Crippen molar-refractivity contribution in [3.63, 3.8) is 0 Å².